The molecule has 0 radical (unpaired) electrons. The lowest BCUT2D eigenvalue weighted by Crippen LogP contribution is -2.21. The van der Waals surface area contributed by atoms with Crippen LogP contribution >= 0.6 is 23.1 Å². The van der Waals surface area contributed by atoms with Gasteiger partial charge in [-0.15, -0.1) is 23.1 Å². The van der Waals surface area contributed by atoms with E-state index in [0.717, 1.165) is 16.5 Å². The fourth-order valence-electron chi connectivity index (χ4n) is 2.72. The van der Waals surface area contributed by atoms with Gasteiger partial charge in [-0.1, -0.05) is 26.8 Å². The number of hydrogen-bond acceptors (Lipinski definition) is 8. The standard InChI is InChI=1S/C20H28N2O4S2/c1-12(2)19-22-15(11-28-19)20-21-14(10-27-20)7-8-16(24-4)13(3)17(25-5)9-18(23)26-6/h7-10,12-13,15-16H,11H2,1-6H3/b8-7+,17-9+/t13-,15-,16+/m1/s1. The molecule has 8 heteroatoms. The first kappa shape index (κ1) is 22.6. The molecule has 0 saturated carbocycles. The predicted octanol–water partition coefficient (Wildman–Crippen LogP) is 4.35. The average molecular weight is 425 g/mol. The fraction of sp³-hybridized carbons (Fsp3) is 0.550. The molecule has 1 aromatic heterocycles. The lowest BCUT2D eigenvalue weighted by molar-refractivity contribution is -0.135. The molecule has 6 nitrogen and oxygen atoms in total. The second kappa shape index (κ2) is 10.8. The van der Waals surface area contributed by atoms with Gasteiger partial charge in [0, 0.05) is 30.1 Å². The van der Waals surface area contributed by atoms with Crippen molar-refractivity contribution in [3.8, 4) is 0 Å². The Hall–Kier alpha value is -1.64. The molecule has 0 amide bonds. The molecular formula is C20H28N2O4S2. The maximum Gasteiger partial charge on any atom is 0.333 e. The monoisotopic (exact) mass is 424 g/mol. The molecule has 2 rings (SSSR count). The van der Waals surface area contributed by atoms with Gasteiger partial charge in [0.1, 0.15) is 16.8 Å². The summed E-state index contributed by atoms with van der Waals surface area (Å²) in [6, 6.07) is 0.148. The van der Waals surface area contributed by atoms with Crippen molar-refractivity contribution in [2.45, 2.75) is 32.9 Å². The Labute approximate surface area is 175 Å². The molecule has 3 atom stereocenters. The van der Waals surface area contributed by atoms with Crippen molar-refractivity contribution >= 4 is 40.2 Å². The third-order valence-corrected chi connectivity index (χ3v) is 6.68. The van der Waals surface area contributed by atoms with Gasteiger partial charge in [0.05, 0.1) is 37.1 Å². The molecule has 0 N–H and O–H groups in total. The Bertz CT molecular complexity index is 755. The zero-order valence-electron chi connectivity index (χ0n) is 17.2. The fourth-order valence-corrected chi connectivity index (χ4v) is 4.75. The molecule has 0 aromatic carbocycles. The van der Waals surface area contributed by atoms with E-state index < -0.39 is 5.97 Å². The number of thiazole rings is 1. The van der Waals surface area contributed by atoms with E-state index in [0.29, 0.717) is 11.7 Å². The van der Waals surface area contributed by atoms with Crippen molar-refractivity contribution in [2.24, 2.45) is 16.8 Å². The van der Waals surface area contributed by atoms with Gasteiger partial charge in [0.2, 0.25) is 0 Å². The van der Waals surface area contributed by atoms with Gasteiger partial charge in [-0.2, -0.15) is 0 Å². The largest absolute Gasteiger partial charge is 0.500 e. The molecule has 1 aliphatic rings. The molecule has 2 heterocycles. The second-order valence-corrected chi connectivity index (χ2v) is 8.61. The second-order valence-electron chi connectivity index (χ2n) is 6.68. The van der Waals surface area contributed by atoms with Crippen molar-refractivity contribution in [3.63, 3.8) is 0 Å². The van der Waals surface area contributed by atoms with Crippen molar-refractivity contribution in [1.29, 1.82) is 0 Å². The minimum atomic E-state index is -0.456. The SMILES string of the molecule is COC(=O)/C=C(/OC)[C@H](C)[C@H](/C=C/c1csc([C@H]2CSC(C(C)C)=N2)n1)OC. The summed E-state index contributed by atoms with van der Waals surface area (Å²) in [6.07, 6.45) is 4.94. The van der Waals surface area contributed by atoms with Crippen LogP contribution in [0, 0.1) is 11.8 Å². The van der Waals surface area contributed by atoms with E-state index in [1.165, 1.54) is 25.3 Å². The van der Waals surface area contributed by atoms with Gasteiger partial charge < -0.3 is 14.2 Å². The summed E-state index contributed by atoms with van der Waals surface area (Å²) >= 11 is 3.45. The number of rotatable bonds is 9. The number of nitrogens with zero attached hydrogens (tertiary/aromatic N) is 2. The molecule has 0 spiro atoms. The Balaban J connectivity index is 2.08. The van der Waals surface area contributed by atoms with E-state index in [2.05, 4.69) is 18.6 Å². The molecule has 1 aliphatic heterocycles. The number of carbonyl (C=O) groups excluding carboxylic acids is 1. The van der Waals surface area contributed by atoms with Crippen LogP contribution < -0.4 is 0 Å². The minimum absolute atomic E-state index is 0.148. The summed E-state index contributed by atoms with van der Waals surface area (Å²) < 4.78 is 15.6. The lowest BCUT2D eigenvalue weighted by Gasteiger charge is -2.21. The van der Waals surface area contributed by atoms with Gasteiger partial charge >= 0.3 is 5.97 Å². The average Bonchev–Trinajstić information content (AvgIpc) is 3.35. The van der Waals surface area contributed by atoms with E-state index in [1.54, 1.807) is 18.4 Å². The van der Waals surface area contributed by atoms with Crippen LogP contribution in [0.15, 0.2) is 28.3 Å². The minimum Gasteiger partial charge on any atom is -0.500 e. The Kier molecular flexibility index (Phi) is 8.72. The van der Waals surface area contributed by atoms with Crippen LogP contribution in [0.4, 0.5) is 0 Å². The van der Waals surface area contributed by atoms with Crippen LogP contribution in [0.1, 0.15) is 37.5 Å². The van der Waals surface area contributed by atoms with Crippen LogP contribution in [0.5, 0.6) is 0 Å². The first-order valence-electron chi connectivity index (χ1n) is 9.10. The number of hydrogen-bond donors (Lipinski definition) is 0. The highest BCUT2D eigenvalue weighted by Crippen LogP contribution is 2.34. The number of aromatic nitrogens is 1. The summed E-state index contributed by atoms with van der Waals surface area (Å²) in [4.78, 5) is 21.0. The zero-order valence-corrected chi connectivity index (χ0v) is 18.8. The van der Waals surface area contributed by atoms with Crippen LogP contribution in [0.25, 0.3) is 6.08 Å². The van der Waals surface area contributed by atoms with Crippen LogP contribution in [0.3, 0.4) is 0 Å². The molecule has 28 heavy (non-hydrogen) atoms. The summed E-state index contributed by atoms with van der Waals surface area (Å²) in [5, 5.41) is 4.27. The number of esters is 1. The van der Waals surface area contributed by atoms with Crippen molar-refractivity contribution in [1.82, 2.24) is 4.98 Å². The van der Waals surface area contributed by atoms with Crippen molar-refractivity contribution in [2.75, 3.05) is 27.1 Å². The normalized spacial score (nSPS) is 19.8. The van der Waals surface area contributed by atoms with Crippen molar-refractivity contribution in [3.05, 3.63) is 34.0 Å². The van der Waals surface area contributed by atoms with Crippen LogP contribution in [-0.4, -0.2) is 49.2 Å². The third-order valence-electron chi connectivity index (χ3n) is 4.36. The molecule has 0 bridgehead atoms. The molecular weight excluding hydrogens is 396 g/mol. The molecule has 154 valence electrons. The molecule has 1 aromatic rings. The van der Waals surface area contributed by atoms with E-state index in [4.69, 9.17) is 19.5 Å². The maximum atomic E-state index is 11.5. The Morgan fingerprint density at radius 1 is 1.25 bits per heavy atom. The molecule has 0 unspecified atom stereocenters. The zero-order chi connectivity index (χ0) is 20.7. The smallest absolute Gasteiger partial charge is 0.333 e. The molecule has 0 saturated heterocycles. The van der Waals surface area contributed by atoms with Gasteiger partial charge in [-0.25, -0.2) is 9.78 Å². The highest BCUT2D eigenvalue weighted by Gasteiger charge is 2.24. The van der Waals surface area contributed by atoms with E-state index in [1.807, 2.05) is 36.2 Å². The Morgan fingerprint density at radius 3 is 2.57 bits per heavy atom. The summed E-state index contributed by atoms with van der Waals surface area (Å²) in [5.41, 5.74) is 0.878. The van der Waals surface area contributed by atoms with Gasteiger partial charge in [-0.3, -0.25) is 4.99 Å². The Morgan fingerprint density at radius 2 is 2.00 bits per heavy atom. The van der Waals surface area contributed by atoms with Crippen LogP contribution in [-0.2, 0) is 19.0 Å². The summed E-state index contributed by atoms with van der Waals surface area (Å²) in [5.74, 6) is 1.31. The lowest BCUT2D eigenvalue weighted by atomic mass is 10.0. The predicted molar refractivity (Wildman–Crippen MR) is 116 cm³/mol. The molecule has 0 fully saturated rings. The summed E-state index contributed by atoms with van der Waals surface area (Å²) in [7, 11) is 4.49. The quantitative estimate of drug-likeness (QED) is 0.333. The third kappa shape index (κ3) is 5.93. The van der Waals surface area contributed by atoms with E-state index in [-0.39, 0.29) is 18.1 Å². The maximum absolute atomic E-state index is 11.5. The number of aliphatic imine (C=N–C) groups is 1. The van der Waals surface area contributed by atoms with E-state index >= 15 is 0 Å². The number of ether oxygens (including phenoxy) is 3. The highest BCUT2D eigenvalue weighted by molar-refractivity contribution is 8.14. The first-order valence-corrected chi connectivity index (χ1v) is 11.0. The summed E-state index contributed by atoms with van der Waals surface area (Å²) in [6.45, 7) is 6.26. The van der Waals surface area contributed by atoms with Gasteiger partial charge in [0.25, 0.3) is 0 Å². The molecule has 0 aliphatic carbocycles. The van der Waals surface area contributed by atoms with Gasteiger partial charge in [0.15, 0.2) is 0 Å². The van der Waals surface area contributed by atoms with Gasteiger partial charge in [-0.05, 0) is 6.08 Å². The van der Waals surface area contributed by atoms with Crippen molar-refractivity contribution < 1.29 is 19.0 Å². The highest BCUT2D eigenvalue weighted by atomic mass is 32.2. The number of carbonyl (C=O) groups is 1. The number of methoxy groups -OCH3 is 3. The van der Waals surface area contributed by atoms with E-state index in [9.17, 15) is 4.79 Å². The topological polar surface area (TPSA) is 70.0 Å². The number of thioether (sulfide) groups is 1. The van der Waals surface area contributed by atoms with Crippen LogP contribution in [0.2, 0.25) is 0 Å². The first-order chi connectivity index (χ1) is 13.4.